The molecule has 164 valence electrons. The molecule has 1 aromatic rings. The number of aliphatic imine (C=N–C) groups is 1. The fraction of sp³-hybridized carbons (Fsp3) is 0.682. The average Bonchev–Trinajstić information content (AvgIpc) is 3.12. The molecule has 2 atom stereocenters. The summed E-state index contributed by atoms with van der Waals surface area (Å²) in [5.74, 6) is 1.96. The van der Waals surface area contributed by atoms with Gasteiger partial charge in [0.1, 0.15) is 5.75 Å². The molecule has 3 rings (SSSR count). The fourth-order valence-corrected chi connectivity index (χ4v) is 4.01. The Hall–Kier alpha value is -1.06. The van der Waals surface area contributed by atoms with Crippen LogP contribution >= 0.6 is 24.0 Å². The third-order valence-corrected chi connectivity index (χ3v) is 5.20. The van der Waals surface area contributed by atoms with E-state index in [1.807, 2.05) is 0 Å². The molecule has 0 aliphatic carbocycles. The molecule has 1 saturated heterocycles. The van der Waals surface area contributed by atoms with Gasteiger partial charge in [0.05, 0.1) is 18.8 Å². The number of nitrogens with one attached hydrogen (secondary N) is 2. The lowest BCUT2D eigenvalue weighted by atomic mass is 10.1. The van der Waals surface area contributed by atoms with Crippen molar-refractivity contribution in [3.63, 3.8) is 0 Å². The molecular weight excluding hydrogens is 479 g/mol. The van der Waals surface area contributed by atoms with Crippen molar-refractivity contribution in [3.8, 4) is 5.75 Å². The highest BCUT2D eigenvalue weighted by atomic mass is 127. The maximum Gasteiger partial charge on any atom is 0.191 e. The van der Waals surface area contributed by atoms with Crippen molar-refractivity contribution >= 4 is 29.9 Å². The lowest BCUT2D eigenvalue weighted by Crippen LogP contribution is -2.45. The molecule has 0 saturated carbocycles. The van der Waals surface area contributed by atoms with Gasteiger partial charge < -0.3 is 20.1 Å². The van der Waals surface area contributed by atoms with E-state index in [0.717, 1.165) is 76.8 Å². The minimum absolute atomic E-state index is 0. The van der Waals surface area contributed by atoms with Crippen molar-refractivity contribution in [3.05, 3.63) is 29.3 Å². The van der Waals surface area contributed by atoms with E-state index in [1.165, 1.54) is 11.1 Å². The number of hydrogen-bond donors (Lipinski definition) is 2. The molecule has 2 N–H and O–H groups in total. The first-order chi connectivity index (χ1) is 13.6. The molecule has 29 heavy (non-hydrogen) atoms. The third-order valence-electron chi connectivity index (χ3n) is 5.20. The summed E-state index contributed by atoms with van der Waals surface area (Å²) in [6.07, 6.45) is 3.75. The lowest BCUT2D eigenvalue weighted by Gasteiger charge is -2.35. The lowest BCUT2D eigenvalue weighted by molar-refractivity contribution is -0.0679. The van der Waals surface area contributed by atoms with E-state index in [-0.39, 0.29) is 24.0 Å². The standard InChI is InChI=1S/C22H36N4O2.HI/c1-4-23-22(24-10-5-12-26-15-17(2)28-18(3)16-26)25-11-8-19-6-7-21-20(14-19)9-13-27-21;/h6-7,14,17-18H,4-5,8-13,15-16H2,1-3H3,(H2,23,24,25);1H. The van der Waals surface area contributed by atoms with Crippen molar-refractivity contribution in [2.24, 2.45) is 4.99 Å². The molecule has 2 aliphatic rings. The Balaban J connectivity index is 0.00000300. The second-order valence-corrected chi connectivity index (χ2v) is 7.85. The molecule has 0 amide bonds. The molecule has 0 radical (unpaired) electrons. The minimum atomic E-state index is 0. The second kappa shape index (κ2) is 12.6. The van der Waals surface area contributed by atoms with Crippen LogP contribution in [-0.2, 0) is 17.6 Å². The molecule has 2 heterocycles. The fourth-order valence-electron chi connectivity index (χ4n) is 4.01. The number of hydrogen-bond acceptors (Lipinski definition) is 4. The van der Waals surface area contributed by atoms with Crippen molar-refractivity contribution in [2.75, 3.05) is 45.9 Å². The van der Waals surface area contributed by atoms with Gasteiger partial charge in [0, 0.05) is 45.7 Å². The second-order valence-electron chi connectivity index (χ2n) is 7.85. The number of nitrogens with zero attached hydrogens (tertiary/aromatic N) is 2. The Kier molecular flexibility index (Phi) is 10.5. The van der Waals surface area contributed by atoms with E-state index < -0.39 is 0 Å². The minimum Gasteiger partial charge on any atom is -0.493 e. The number of halogens is 1. The van der Waals surface area contributed by atoms with Crippen LogP contribution in [0.15, 0.2) is 23.2 Å². The highest BCUT2D eigenvalue weighted by Gasteiger charge is 2.21. The summed E-state index contributed by atoms with van der Waals surface area (Å²) in [5.41, 5.74) is 2.69. The summed E-state index contributed by atoms with van der Waals surface area (Å²) in [6.45, 7) is 13.0. The monoisotopic (exact) mass is 516 g/mol. The third kappa shape index (κ3) is 7.94. The van der Waals surface area contributed by atoms with Crippen LogP contribution < -0.4 is 15.4 Å². The van der Waals surface area contributed by atoms with Gasteiger partial charge in [-0.05, 0) is 50.8 Å². The predicted molar refractivity (Wildman–Crippen MR) is 130 cm³/mol. The van der Waals surface area contributed by atoms with Gasteiger partial charge >= 0.3 is 0 Å². The van der Waals surface area contributed by atoms with Crippen LogP contribution in [0.5, 0.6) is 5.75 Å². The Morgan fingerprint density at radius 1 is 1.21 bits per heavy atom. The van der Waals surface area contributed by atoms with E-state index in [1.54, 1.807) is 0 Å². The van der Waals surface area contributed by atoms with Gasteiger partial charge in [-0.25, -0.2) is 0 Å². The van der Waals surface area contributed by atoms with Crippen LogP contribution in [-0.4, -0.2) is 68.9 Å². The summed E-state index contributed by atoms with van der Waals surface area (Å²) in [7, 11) is 0. The average molecular weight is 516 g/mol. The molecule has 1 aromatic carbocycles. The van der Waals surface area contributed by atoms with Crippen molar-refractivity contribution in [1.29, 1.82) is 0 Å². The number of ether oxygens (including phenoxy) is 2. The van der Waals surface area contributed by atoms with E-state index in [0.29, 0.717) is 12.2 Å². The number of benzene rings is 1. The largest absolute Gasteiger partial charge is 0.493 e. The van der Waals surface area contributed by atoms with Crippen LogP contribution in [0.2, 0.25) is 0 Å². The van der Waals surface area contributed by atoms with Gasteiger partial charge in [-0.15, -0.1) is 24.0 Å². The zero-order valence-electron chi connectivity index (χ0n) is 18.1. The van der Waals surface area contributed by atoms with Gasteiger partial charge in [0.15, 0.2) is 5.96 Å². The highest BCUT2D eigenvalue weighted by molar-refractivity contribution is 14.0. The van der Waals surface area contributed by atoms with Crippen LogP contribution in [0.4, 0.5) is 0 Å². The summed E-state index contributed by atoms with van der Waals surface area (Å²) in [4.78, 5) is 7.23. The maximum absolute atomic E-state index is 5.80. The smallest absolute Gasteiger partial charge is 0.191 e. The first-order valence-electron chi connectivity index (χ1n) is 10.8. The van der Waals surface area contributed by atoms with Crippen molar-refractivity contribution in [2.45, 2.75) is 52.2 Å². The predicted octanol–water partition coefficient (Wildman–Crippen LogP) is 2.84. The molecule has 0 bridgehead atoms. The molecule has 2 unspecified atom stereocenters. The Morgan fingerprint density at radius 2 is 2.00 bits per heavy atom. The van der Waals surface area contributed by atoms with Crippen molar-refractivity contribution in [1.82, 2.24) is 15.5 Å². The summed E-state index contributed by atoms with van der Waals surface area (Å²) >= 11 is 0. The van der Waals surface area contributed by atoms with E-state index in [4.69, 9.17) is 14.5 Å². The SMILES string of the molecule is CCNC(=NCCCN1CC(C)OC(C)C1)NCCc1ccc2c(c1)CCO2.I. The van der Waals surface area contributed by atoms with Gasteiger partial charge in [0.25, 0.3) is 0 Å². The highest BCUT2D eigenvalue weighted by Crippen LogP contribution is 2.25. The zero-order valence-corrected chi connectivity index (χ0v) is 20.4. The van der Waals surface area contributed by atoms with Crippen LogP contribution in [0.1, 0.15) is 38.3 Å². The summed E-state index contributed by atoms with van der Waals surface area (Å²) < 4.78 is 11.4. The van der Waals surface area contributed by atoms with E-state index >= 15 is 0 Å². The maximum atomic E-state index is 5.80. The van der Waals surface area contributed by atoms with E-state index in [9.17, 15) is 0 Å². The number of fused-ring (bicyclic) bond motifs is 1. The Morgan fingerprint density at radius 3 is 2.76 bits per heavy atom. The first-order valence-corrected chi connectivity index (χ1v) is 10.8. The molecule has 1 fully saturated rings. The summed E-state index contributed by atoms with van der Waals surface area (Å²) in [6, 6.07) is 6.54. The molecule has 7 heteroatoms. The molecule has 0 aromatic heterocycles. The van der Waals surface area contributed by atoms with Crippen LogP contribution in [0.25, 0.3) is 0 Å². The summed E-state index contributed by atoms with van der Waals surface area (Å²) in [5, 5.41) is 6.81. The van der Waals surface area contributed by atoms with Gasteiger partial charge in [0.2, 0.25) is 0 Å². The topological polar surface area (TPSA) is 58.1 Å². The molecule has 0 spiro atoms. The zero-order chi connectivity index (χ0) is 19.8. The van der Waals surface area contributed by atoms with Gasteiger partial charge in [-0.2, -0.15) is 0 Å². The molecule has 6 nitrogen and oxygen atoms in total. The quantitative estimate of drug-likeness (QED) is 0.241. The number of rotatable bonds is 8. The first kappa shape index (κ1) is 24.2. The normalized spacial score (nSPS) is 21.8. The van der Waals surface area contributed by atoms with Gasteiger partial charge in [-0.1, -0.05) is 12.1 Å². The van der Waals surface area contributed by atoms with Crippen LogP contribution in [0.3, 0.4) is 0 Å². The van der Waals surface area contributed by atoms with Gasteiger partial charge in [-0.3, -0.25) is 9.89 Å². The number of morpholine rings is 1. The van der Waals surface area contributed by atoms with Crippen LogP contribution in [0, 0.1) is 0 Å². The number of guanidine groups is 1. The molecule has 2 aliphatic heterocycles. The Labute approximate surface area is 192 Å². The Bertz CT molecular complexity index is 646. The van der Waals surface area contributed by atoms with E-state index in [2.05, 4.69) is 54.5 Å². The van der Waals surface area contributed by atoms with Crippen molar-refractivity contribution < 1.29 is 9.47 Å². The molecular formula is C22H37IN4O2.